The molecule has 37 heavy (non-hydrogen) atoms. The van der Waals surface area contributed by atoms with Gasteiger partial charge >= 0.3 is 0 Å². The fourth-order valence-corrected chi connectivity index (χ4v) is 4.55. The monoisotopic (exact) mass is 547 g/mol. The molecule has 0 fully saturated rings. The Hall–Kier alpha value is -3.63. The van der Waals surface area contributed by atoms with Crippen LogP contribution in [0.4, 0.5) is 10.1 Å². The van der Waals surface area contributed by atoms with Gasteiger partial charge in [0, 0.05) is 23.8 Å². The van der Waals surface area contributed by atoms with Crippen LogP contribution in [0.1, 0.15) is 19.4 Å². The van der Waals surface area contributed by atoms with E-state index in [0.29, 0.717) is 11.6 Å². The molecule has 1 atom stereocenters. The van der Waals surface area contributed by atoms with Crippen LogP contribution in [0, 0.1) is 5.82 Å². The highest BCUT2D eigenvalue weighted by Gasteiger charge is 2.26. The zero-order valence-electron chi connectivity index (χ0n) is 20.3. The van der Waals surface area contributed by atoms with Gasteiger partial charge in [-0.15, -0.1) is 0 Å². The number of likely N-dealkylation sites (N-methyl/N-ethyl adjacent to an activating group) is 1. The van der Waals surface area contributed by atoms with Gasteiger partial charge in [0.2, 0.25) is 5.91 Å². The molecule has 0 saturated heterocycles. The van der Waals surface area contributed by atoms with Crippen LogP contribution in [-0.4, -0.2) is 44.3 Å². The summed E-state index contributed by atoms with van der Waals surface area (Å²) in [7, 11) is -3.91. The number of nitrogens with one attached hydrogen (secondary N) is 2. The summed E-state index contributed by atoms with van der Waals surface area (Å²) in [6.45, 7) is 3.65. The topological polar surface area (TPSA) is 105 Å². The number of hydrogen-bond acceptors (Lipinski definition) is 5. The molecule has 3 aromatic rings. The van der Waals surface area contributed by atoms with Gasteiger partial charge in [0.05, 0.1) is 4.90 Å². The van der Waals surface area contributed by atoms with Crippen molar-refractivity contribution in [1.82, 2.24) is 10.2 Å². The van der Waals surface area contributed by atoms with Gasteiger partial charge in [-0.25, -0.2) is 12.8 Å². The van der Waals surface area contributed by atoms with Crippen LogP contribution in [0.2, 0.25) is 5.02 Å². The third-order valence-corrected chi connectivity index (χ3v) is 7.03. The Morgan fingerprint density at radius 2 is 1.62 bits per heavy atom. The van der Waals surface area contributed by atoms with Crippen LogP contribution in [0.25, 0.3) is 0 Å². The van der Waals surface area contributed by atoms with Crippen molar-refractivity contribution < 1.29 is 27.1 Å². The predicted octanol–water partition coefficient (Wildman–Crippen LogP) is 4.21. The number of hydrogen-bond donors (Lipinski definition) is 2. The summed E-state index contributed by atoms with van der Waals surface area (Å²) in [5, 5.41) is 3.27. The van der Waals surface area contributed by atoms with E-state index in [1.54, 1.807) is 38.1 Å². The fraction of sp³-hybridized carbons (Fsp3) is 0.231. The highest BCUT2D eigenvalue weighted by molar-refractivity contribution is 7.92. The summed E-state index contributed by atoms with van der Waals surface area (Å²) in [5.41, 5.74) is 1.01. The van der Waals surface area contributed by atoms with Gasteiger partial charge in [-0.1, -0.05) is 23.7 Å². The molecule has 0 radical (unpaired) electrons. The van der Waals surface area contributed by atoms with Crippen LogP contribution in [0.3, 0.4) is 0 Å². The van der Waals surface area contributed by atoms with Crippen molar-refractivity contribution >= 4 is 39.1 Å². The lowest BCUT2D eigenvalue weighted by Gasteiger charge is -2.28. The van der Waals surface area contributed by atoms with Crippen LogP contribution < -0.4 is 14.8 Å². The Labute approximate surface area is 220 Å². The maximum absolute atomic E-state index is 13.1. The average molecular weight is 548 g/mol. The number of nitrogens with zero attached hydrogens (tertiary/aromatic N) is 1. The van der Waals surface area contributed by atoms with Crippen LogP contribution in [0.5, 0.6) is 5.75 Å². The Morgan fingerprint density at radius 3 is 2.22 bits per heavy atom. The summed E-state index contributed by atoms with van der Waals surface area (Å²) in [6, 6.07) is 16.6. The predicted molar refractivity (Wildman–Crippen MR) is 139 cm³/mol. The van der Waals surface area contributed by atoms with E-state index in [2.05, 4.69) is 10.0 Å². The molecule has 1 unspecified atom stereocenters. The average Bonchev–Trinajstić information content (AvgIpc) is 2.88. The number of carbonyl (C=O) groups is 2. The Balaban J connectivity index is 1.67. The van der Waals surface area contributed by atoms with E-state index in [0.717, 1.165) is 17.7 Å². The highest BCUT2D eigenvalue weighted by atomic mass is 35.5. The molecule has 11 heteroatoms. The van der Waals surface area contributed by atoms with Crippen molar-refractivity contribution in [2.24, 2.45) is 0 Å². The molecule has 0 aromatic heterocycles. The van der Waals surface area contributed by atoms with Crippen molar-refractivity contribution in [2.45, 2.75) is 31.3 Å². The van der Waals surface area contributed by atoms with E-state index >= 15 is 0 Å². The summed E-state index contributed by atoms with van der Waals surface area (Å²) in [5.74, 6) is -0.936. The molecule has 0 spiro atoms. The molecule has 3 rings (SSSR count). The van der Waals surface area contributed by atoms with Crippen molar-refractivity contribution in [3.8, 4) is 5.75 Å². The van der Waals surface area contributed by atoms with Gasteiger partial charge in [0.25, 0.3) is 15.9 Å². The third-order valence-electron chi connectivity index (χ3n) is 5.38. The molecular formula is C26H27ClFN3O5S. The van der Waals surface area contributed by atoms with Crippen LogP contribution >= 0.6 is 11.6 Å². The molecule has 2 amide bonds. The lowest BCUT2D eigenvalue weighted by molar-refractivity contribution is -0.142. The van der Waals surface area contributed by atoms with Crippen molar-refractivity contribution in [1.29, 1.82) is 0 Å². The highest BCUT2D eigenvalue weighted by Crippen LogP contribution is 2.20. The molecular weight excluding hydrogens is 521 g/mol. The quantitative estimate of drug-likeness (QED) is 0.374. The first kappa shape index (κ1) is 27.9. The zero-order chi connectivity index (χ0) is 27.0. The van der Waals surface area contributed by atoms with Gasteiger partial charge in [0.1, 0.15) is 17.6 Å². The molecule has 3 aromatic carbocycles. The van der Waals surface area contributed by atoms with Crippen LogP contribution in [0.15, 0.2) is 77.7 Å². The maximum atomic E-state index is 13.1. The van der Waals surface area contributed by atoms with Crippen molar-refractivity contribution in [3.63, 3.8) is 0 Å². The minimum Gasteiger partial charge on any atom is -0.484 e. The Kier molecular flexibility index (Phi) is 9.48. The largest absolute Gasteiger partial charge is 0.484 e. The molecule has 8 nitrogen and oxygen atoms in total. The number of ether oxygens (including phenoxy) is 1. The van der Waals surface area contributed by atoms with Gasteiger partial charge in [-0.05, 0) is 80.1 Å². The SMILES string of the molecule is CCNC(=O)C(C)N(Cc1ccc(Cl)cc1)C(=O)COc1ccc(S(=O)(=O)Nc2ccc(F)cc2)cc1. The second-order valence-electron chi connectivity index (χ2n) is 8.09. The van der Waals surface area contributed by atoms with E-state index in [1.165, 1.54) is 41.3 Å². The first-order valence-corrected chi connectivity index (χ1v) is 13.3. The lowest BCUT2D eigenvalue weighted by atomic mass is 10.1. The minimum atomic E-state index is -3.91. The lowest BCUT2D eigenvalue weighted by Crippen LogP contribution is -2.49. The molecule has 0 aliphatic heterocycles. The molecule has 0 saturated carbocycles. The van der Waals surface area contributed by atoms with E-state index in [9.17, 15) is 22.4 Å². The molecule has 0 heterocycles. The standard InChI is InChI=1S/C26H27ClFN3O5S/c1-3-29-26(33)18(2)31(16-19-4-6-20(27)7-5-19)25(32)17-36-23-12-14-24(15-13-23)37(34,35)30-22-10-8-21(28)9-11-22/h4-15,18,30H,3,16-17H2,1-2H3,(H,29,33). The number of amides is 2. The van der Waals surface area contributed by atoms with E-state index < -0.39 is 27.8 Å². The van der Waals surface area contributed by atoms with E-state index in [4.69, 9.17) is 16.3 Å². The number of sulfonamides is 1. The third kappa shape index (κ3) is 7.93. The molecule has 196 valence electrons. The molecule has 0 bridgehead atoms. The summed E-state index contributed by atoms with van der Waals surface area (Å²) < 4.78 is 46.2. The van der Waals surface area contributed by atoms with Crippen LogP contribution in [-0.2, 0) is 26.2 Å². The smallest absolute Gasteiger partial charge is 0.261 e. The Morgan fingerprint density at radius 1 is 1.00 bits per heavy atom. The number of anilines is 1. The van der Waals surface area contributed by atoms with Gasteiger partial charge in [0.15, 0.2) is 6.61 Å². The summed E-state index contributed by atoms with van der Waals surface area (Å²) in [4.78, 5) is 26.9. The van der Waals surface area contributed by atoms with E-state index in [-0.39, 0.29) is 35.4 Å². The first-order valence-electron chi connectivity index (χ1n) is 11.4. The van der Waals surface area contributed by atoms with Gasteiger partial charge in [-0.3, -0.25) is 14.3 Å². The second-order valence-corrected chi connectivity index (χ2v) is 10.2. The van der Waals surface area contributed by atoms with Crippen molar-refractivity contribution in [2.75, 3.05) is 17.9 Å². The number of halogens is 2. The number of rotatable bonds is 11. The minimum absolute atomic E-state index is 0.0373. The normalized spacial score (nSPS) is 11.9. The first-order chi connectivity index (χ1) is 17.6. The molecule has 0 aliphatic rings. The maximum Gasteiger partial charge on any atom is 0.261 e. The number of carbonyl (C=O) groups excluding carboxylic acids is 2. The van der Waals surface area contributed by atoms with Gasteiger partial charge in [-0.2, -0.15) is 0 Å². The van der Waals surface area contributed by atoms with E-state index in [1.807, 2.05) is 0 Å². The van der Waals surface area contributed by atoms with Gasteiger partial charge < -0.3 is 15.0 Å². The van der Waals surface area contributed by atoms with Crippen molar-refractivity contribution in [3.05, 3.63) is 89.2 Å². The number of benzene rings is 3. The molecule has 0 aliphatic carbocycles. The summed E-state index contributed by atoms with van der Waals surface area (Å²) in [6.07, 6.45) is 0. The molecule has 2 N–H and O–H groups in total. The summed E-state index contributed by atoms with van der Waals surface area (Å²) >= 11 is 5.95. The second kappa shape index (κ2) is 12.6. The fourth-order valence-electron chi connectivity index (χ4n) is 3.37. The Bertz CT molecular complexity index is 1320. The zero-order valence-corrected chi connectivity index (χ0v) is 21.9.